The number of carbonyl (C=O) groups excluding carboxylic acids is 2. The van der Waals surface area contributed by atoms with Gasteiger partial charge in [-0.05, 0) is 65.3 Å². The highest BCUT2D eigenvalue weighted by Crippen LogP contribution is 2.59. The molecule has 7 nitrogen and oxygen atoms in total. The number of benzene rings is 1. The van der Waals surface area contributed by atoms with Gasteiger partial charge in [-0.2, -0.15) is 13.2 Å². The van der Waals surface area contributed by atoms with Gasteiger partial charge >= 0.3 is 12.3 Å². The Morgan fingerprint density at radius 1 is 0.944 bits per heavy atom. The predicted molar refractivity (Wildman–Crippen MR) is 131 cm³/mol. The van der Waals surface area contributed by atoms with E-state index in [0.29, 0.717) is 0 Å². The summed E-state index contributed by atoms with van der Waals surface area (Å²) in [6.07, 6.45) is -5.48. The van der Waals surface area contributed by atoms with Crippen LogP contribution in [0.15, 0.2) is 24.3 Å². The molecule has 4 rings (SSSR count). The van der Waals surface area contributed by atoms with E-state index in [2.05, 4.69) is 16.8 Å². The van der Waals surface area contributed by atoms with Crippen LogP contribution in [0.2, 0.25) is 0 Å². The molecular formula is C26H37F3N4O3. The number of nitrogens with zero attached hydrogens (tertiary/aromatic N) is 4. The van der Waals surface area contributed by atoms with Crippen molar-refractivity contribution in [2.75, 3.05) is 51.2 Å². The molecule has 0 radical (unpaired) electrons. The summed E-state index contributed by atoms with van der Waals surface area (Å²) in [5.74, 6) is -0.884. The molecule has 2 amide bonds. The Morgan fingerprint density at radius 3 is 2.03 bits per heavy atom. The number of ether oxygens (including phenoxy) is 1. The summed E-state index contributed by atoms with van der Waals surface area (Å²) >= 11 is 0. The normalized spacial score (nSPS) is 25.1. The number of hydrogen-bond acceptors (Lipinski definition) is 5. The molecule has 0 aromatic heterocycles. The Labute approximate surface area is 211 Å². The number of amides is 2. The summed E-state index contributed by atoms with van der Waals surface area (Å²) < 4.78 is 46.9. The second-order valence-corrected chi connectivity index (χ2v) is 11.4. The topological polar surface area (TPSA) is 56.3 Å². The third kappa shape index (κ3) is 5.28. The van der Waals surface area contributed by atoms with Gasteiger partial charge in [-0.25, -0.2) is 4.79 Å². The van der Waals surface area contributed by atoms with E-state index in [1.54, 1.807) is 32.6 Å². The fraction of sp³-hybridized carbons (Fsp3) is 0.692. The minimum Gasteiger partial charge on any atom is -0.444 e. The van der Waals surface area contributed by atoms with E-state index < -0.39 is 41.3 Å². The van der Waals surface area contributed by atoms with Gasteiger partial charge < -0.3 is 19.4 Å². The molecule has 2 aliphatic heterocycles. The standard InChI is InChI=1S/C26H37F3N4O3/c1-18-16-33(23(35)36-24(2,3)4)21(17-32(18)22(34)25(10-11-25)26(27,28)29)19-6-8-20(9-7-19)31-14-12-30(5)13-15-31/h6-9,18,21H,10-17H2,1-5H3/t18-,21+/m1/s1. The lowest BCUT2D eigenvalue weighted by atomic mass is 9.96. The first-order valence-corrected chi connectivity index (χ1v) is 12.6. The molecule has 200 valence electrons. The van der Waals surface area contributed by atoms with Gasteiger partial charge in [-0.1, -0.05) is 12.1 Å². The van der Waals surface area contributed by atoms with Gasteiger partial charge in [-0.15, -0.1) is 0 Å². The van der Waals surface area contributed by atoms with Crippen molar-refractivity contribution in [1.82, 2.24) is 14.7 Å². The van der Waals surface area contributed by atoms with E-state index >= 15 is 0 Å². The molecule has 2 heterocycles. The van der Waals surface area contributed by atoms with Gasteiger partial charge in [0.15, 0.2) is 0 Å². The molecule has 10 heteroatoms. The van der Waals surface area contributed by atoms with Crippen LogP contribution in [0.1, 0.15) is 52.1 Å². The Morgan fingerprint density at radius 2 is 1.53 bits per heavy atom. The maximum atomic E-state index is 13.7. The zero-order valence-corrected chi connectivity index (χ0v) is 21.8. The van der Waals surface area contributed by atoms with Gasteiger partial charge in [0, 0.05) is 51.0 Å². The molecular weight excluding hydrogens is 473 g/mol. The Balaban J connectivity index is 1.60. The third-order valence-corrected chi connectivity index (χ3v) is 7.48. The maximum Gasteiger partial charge on any atom is 0.410 e. The fourth-order valence-electron chi connectivity index (χ4n) is 5.06. The van der Waals surface area contributed by atoms with Gasteiger partial charge in [0.25, 0.3) is 0 Å². The van der Waals surface area contributed by atoms with Crippen molar-refractivity contribution in [3.05, 3.63) is 29.8 Å². The number of likely N-dealkylation sites (N-methyl/N-ethyl adjacent to an activating group) is 1. The molecule has 0 unspecified atom stereocenters. The lowest BCUT2D eigenvalue weighted by Gasteiger charge is -2.46. The van der Waals surface area contributed by atoms with Crippen molar-refractivity contribution in [3.63, 3.8) is 0 Å². The van der Waals surface area contributed by atoms with Crippen LogP contribution in [0, 0.1) is 5.41 Å². The summed E-state index contributed by atoms with van der Waals surface area (Å²) in [6, 6.07) is 6.61. The summed E-state index contributed by atoms with van der Waals surface area (Å²) in [4.78, 5) is 33.7. The number of carbonyl (C=O) groups is 2. The molecule has 1 saturated carbocycles. The van der Waals surface area contributed by atoms with Crippen LogP contribution in [0.25, 0.3) is 0 Å². The van der Waals surface area contributed by atoms with Gasteiger partial charge in [0.05, 0.1) is 6.04 Å². The molecule has 3 aliphatic rings. The molecule has 36 heavy (non-hydrogen) atoms. The van der Waals surface area contributed by atoms with Crippen molar-refractivity contribution in [2.45, 2.75) is 64.4 Å². The Hall–Kier alpha value is -2.49. The molecule has 0 bridgehead atoms. The van der Waals surface area contributed by atoms with Gasteiger partial charge in [0.1, 0.15) is 11.0 Å². The number of alkyl halides is 3. The minimum atomic E-state index is -4.58. The molecule has 0 N–H and O–H groups in total. The largest absolute Gasteiger partial charge is 0.444 e. The molecule has 1 aromatic carbocycles. The molecule has 1 aliphatic carbocycles. The number of halogens is 3. The van der Waals surface area contributed by atoms with E-state index in [1.165, 1.54) is 4.90 Å². The van der Waals surface area contributed by atoms with Crippen LogP contribution in [-0.4, -0.2) is 90.8 Å². The summed E-state index contributed by atoms with van der Waals surface area (Å²) in [5.41, 5.74) is -1.19. The second-order valence-electron chi connectivity index (χ2n) is 11.4. The van der Waals surface area contributed by atoms with Crippen molar-refractivity contribution in [2.24, 2.45) is 5.41 Å². The van der Waals surface area contributed by atoms with E-state index in [-0.39, 0.29) is 25.9 Å². The smallest absolute Gasteiger partial charge is 0.410 e. The van der Waals surface area contributed by atoms with E-state index in [0.717, 1.165) is 37.4 Å². The summed E-state index contributed by atoms with van der Waals surface area (Å²) in [5, 5.41) is 0. The Bertz CT molecular complexity index is 964. The number of anilines is 1. The zero-order valence-electron chi connectivity index (χ0n) is 21.8. The first-order valence-electron chi connectivity index (χ1n) is 12.6. The lowest BCUT2D eigenvalue weighted by Crippen LogP contribution is -2.59. The van der Waals surface area contributed by atoms with Crippen LogP contribution in [0.3, 0.4) is 0 Å². The van der Waals surface area contributed by atoms with Crippen LogP contribution in [-0.2, 0) is 9.53 Å². The average molecular weight is 511 g/mol. The monoisotopic (exact) mass is 510 g/mol. The van der Waals surface area contributed by atoms with Crippen molar-refractivity contribution >= 4 is 17.7 Å². The molecule has 1 aromatic rings. The molecule has 2 atom stereocenters. The fourth-order valence-corrected chi connectivity index (χ4v) is 5.06. The average Bonchev–Trinajstić information content (AvgIpc) is 3.60. The van der Waals surface area contributed by atoms with Crippen molar-refractivity contribution in [1.29, 1.82) is 0 Å². The van der Waals surface area contributed by atoms with Crippen LogP contribution >= 0.6 is 0 Å². The highest BCUT2D eigenvalue weighted by molar-refractivity contribution is 5.87. The van der Waals surface area contributed by atoms with Gasteiger partial charge in [-0.3, -0.25) is 9.69 Å². The summed E-state index contributed by atoms with van der Waals surface area (Å²) in [6.45, 7) is 10.8. The molecule has 2 saturated heterocycles. The number of piperazine rings is 2. The van der Waals surface area contributed by atoms with E-state index in [4.69, 9.17) is 4.74 Å². The second kappa shape index (κ2) is 9.43. The van der Waals surface area contributed by atoms with Crippen molar-refractivity contribution < 1.29 is 27.5 Å². The Kier molecular flexibility index (Phi) is 6.96. The molecule has 0 spiro atoms. The quantitative estimate of drug-likeness (QED) is 0.607. The van der Waals surface area contributed by atoms with Crippen LogP contribution in [0.5, 0.6) is 0 Å². The number of hydrogen-bond donors (Lipinski definition) is 0. The van der Waals surface area contributed by atoms with Crippen molar-refractivity contribution in [3.8, 4) is 0 Å². The first-order chi connectivity index (χ1) is 16.7. The van der Waals surface area contributed by atoms with E-state index in [1.807, 2.05) is 24.3 Å². The SMILES string of the molecule is C[C@@H]1CN(C(=O)OC(C)(C)C)[C@H](c2ccc(N3CCN(C)CC3)cc2)CN1C(=O)C1(C(F)(F)F)CC1. The highest BCUT2D eigenvalue weighted by atomic mass is 19.4. The van der Waals surface area contributed by atoms with Crippen LogP contribution in [0.4, 0.5) is 23.7 Å². The lowest BCUT2D eigenvalue weighted by molar-refractivity contribution is -0.201. The maximum absolute atomic E-state index is 13.7. The highest BCUT2D eigenvalue weighted by Gasteiger charge is 2.70. The number of rotatable bonds is 3. The zero-order chi connectivity index (χ0) is 26.5. The third-order valence-electron chi connectivity index (χ3n) is 7.48. The molecule has 3 fully saturated rings. The van der Waals surface area contributed by atoms with Crippen LogP contribution < -0.4 is 4.90 Å². The predicted octanol–water partition coefficient (Wildman–Crippen LogP) is 4.29. The first kappa shape index (κ1) is 26.6. The van der Waals surface area contributed by atoms with E-state index in [9.17, 15) is 22.8 Å². The summed E-state index contributed by atoms with van der Waals surface area (Å²) in [7, 11) is 2.09. The van der Waals surface area contributed by atoms with Gasteiger partial charge in [0.2, 0.25) is 5.91 Å². The minimum absolute atomic E-state index is 0.00900.